The van der Waals surface area contributed by atoms with Crippen molar-refractivity contribution in [3.05, 3.63) is 48.5 Å². The maximum atomic E-state index is 12.0. The quantitative estimate of drug-likeness (QED) is 0.937. The second kappa shape index (κ2) is 6.10. The predicted molar refractivity (Wildman–Crippen MR) is 79.1 cm³/mol. The molecule has 0 saturated carbocycles. The summed E-state index contributed by atoms with van der Waals surface area (Å²) in [5.41, 5.74) is 2.12. The number of carbonyl (C=O) groups excluding carboxylic acids is 1. The van der Waals surface area contributed by atoms with Gasteiger partial charge in [-0.1, -0.05) is 12.1 Å². The number of nitrogens with one attached hydrogen (secondary N) is 1. The smallest absolute Gasteiger partial charge is 0.249 e. The number of benzene rings is 1. The number of carbonyl (C=O) groups is 1. The molecule has 1 saturated heterocycles. The molecule has 1 aromatic carbocycles. The van der Waals surface area contributed by atoms with Crippen molar-refractivity contribution < 1.29 is 9.53 Å². The van der Waals surface area contributed by atoms with Crippen LogP contribution in [0, 0.1) is 0 Å². The van der Waals surface area contributed by atoms with Gasteiger partial charge in [-0.05, 0) is 37.5 Å². The van der Waals surface area contributed by atoms with E-state index in [0.717, 1.165) is 24.1 Å². The Hall–Kier alpha value is -2.14. The average molecular weight is 285 g/mol. The first-order valence-electron chi connectivity index (χ1n) is 7.24. The molecule has 2 heterocycles. The standard InChI is InChI=1S/C16H19N3O2/c1-12(18-16(20)15-3-2-10-21-15)13-4-6-14(7-5-13)19-9-8-17-11-19/h4-9,11-12,15H,2-3,10H2,1H3,(H,18,20)/t12-,15-/m0/s1. The number of amides is 1. The summed E-state index contributed by atoms with van der Waals surface area (Å²) >= 11 is 0. The second-order valence-electron chi connectivity index (χ2n) is 5.29. The van der Waals surface area contributed by atoms with E-state index in [-0.39, 0.29) is 18.1 Å². The van der Waals surface area contributed by atoms with E-state index in [9.17, 15) is 4.79 Å². The topological polar surface area (TPSA) is 56.1 Å². The number of imidazole rings is 1. The normalized spacial score (nSPS) is 19.4. The molecule has 1 N–H and O–H groups in total. The van der Waals surface area contributed by atoms with Crippen molar-refractivity contribution in [1.82, 2.24) is 14.9 Å². The Labute approximate surface area is 124 Å². The van der Waals surface area contributed by atoms with Crippen LogP contribution in [0.25, 0.3) is 5.69 Å². The van der Waals surface area contributed by atoms with E-state index < -0.39 is 0 Å². The Balaban J connectivity index is 1.64. The third kappa shape index (κ3) is 3.13. The number of aromatic nitrogens is 2. The summed E-state index contributed by atoms with van der Waals surface area (Å²) in [6.07, 6.45) is 6.91. The lowest BCUT2D eigenvalue weighted by molar-refractivity contribution is -0.130. The van der Waals surface area contributed by atoms with Crippen molar-refractivity contribution in [2.24, 2.45) is 0 Å². The molecule has 0 spiro atoms. The predicted octanol–water partition coefficient (Wildman–Crippen LogP) is 2.23. The van der Waals surface area contributed by atoms with Crippen molar-refractivity contribution in [3.63, 3.8) is 0 Å². The molecule has 0 radical (unpaired) electrons. The molecule has 5 heteroatoms. The maximum absolute atomic E-state index is 12.0. The highest BCUT2D eigenvalue weighted by atomic mass is 16.5. The number of hydrogen-bond acceptors (Lipinski definition) is 3. The summed E-state index contributed by atoms with van der Waals surface area (Å²) in [7, 11) is 0. The zero-order chi connectivity index (χ0) is 14.7. The molecule has 1 aliphatic heterocycles. The van der Waals surface area contributed by atoms with Gasteiger partial charge in [-0.15, -0.1) is 0 Å². The van der Waals surface area contributed by atoms with E-state index in [0.29, 0.717) is 6.61 Å². The molecular formula is C16H19N3O2. The summed E-state index contributed by atoms with van der Waals surface area (Å²) in [5.74, 6) is -0.0151. The zero-order valence-electron chi connectivity index (χ0n) is 12.0. The van der Waals surface area contributed by atoms with Gasteiger partial charge < -0.3 is 14.6 Å². The third-order valence-electron chi connectivity index (χ3n) is 3.78. The number of nitrogens with zero attached hydrogens (tertiary/aromatic N) is 2. The van der Waals surface area contributed by atoms with Crippen molar-refractivity contribution in [2.45, 2.75) is 31.9 Å². The maximum Gasteiger partial charge on any atom is 0.249 e. The highest BCUT2D eigenvalue weighted by Gasteiger charge is 2.24. The Morgan fingerprint density at radius 1 is 1.43 bits per heavy atom. The number of rotatable bonds is 4. The van der Waals surface area contributed by atoms with Gasteiger partial charge in [0.1, 0.15) is 6.10 Å². The van der Waals surface area contributed by atoms with Crippen LogP contribution in [0.2, 0.25) is 0 Å². The van der Waals surface area contributed by atoms with Crippen LogP contribution in [-0.4, -0.2) is 28.2 Å². The summed E-state index contributed by atoms with van der Waals surface area (Å²) < 4.78 is 7.34. The molecule has 1 amide bonds. The zero-order valence-corrected chi connectivity index (χ0v) is 12.0. The molecular weight excluding hydrogens is 266 g/mol. The average Bonchev–Trinajstić information content (AvgIpc) is 3.20. The molecule has 0 unspecified atom stereocenters. The van der Waals surface area contributed by atoms with Crippen LogP contribution in [0.4, 0.5) is 0 Å². The van der Waals surface area contributed by atoms with Crippen LogP contribution in [0.3, 0.4) is 0 Å². The SMILES string of the molecule is C[C@H](NC(=O)[C@@H]1CCCO1)c1ccc(-n2ccnc2)cc1. The monoisotopic (exact) mass is 285 g/mol. The van der Waals surface area contributed by atoms with Gasteiger partial charge >= 0.3 is 0 Å². The Kier molecular flexibility index (Phi) is 4.01. The first kappa shape index (κ1) is 13.8. The van der Waals surface area contributed by atoms with Crippen LogP contribution in [0.5, 0.6) is 0 Å². The molecule has 2 atom stereocenters. The summed E-state index contributed by atoms with van der Waals surface area (Å²) in [5, 5.41) is 3.01. The Morgan fingerprint density at radius 3 is 2.86 bits per heavy atom. The van der Waals surface area contributed by atoms with Crippen LogP contribution in [0.1, 0.15) is 31.4 Å². The lowest BCUT2D eigenvalue weighted by Crippen LogP contribution is -2.35. The molecule has 1 aromatic heterocycles. The molecule has 5 nitrogen and oxygen atoms in total. The van der Waals surface area contributed by atoms with Crippen LogP contribution in [-0.2, 0) is 9.53 Å². The Bertz CT molecular complexity index is 586. The highest BCUT2D eigenvalue weighted by Crippen LogP contribution is 2.18. The van der Waals surface area contributed by atoms with Gasteiger partial charge in [0, 0.05) is 24.7 Å². The Morgan fingerprint density at radius 2 is 2.24 bits per heavy atom. The van der Waals surface area contributed by atoms with Gasteiger partial charge in [0.05, 0.1) is 12.4 Å². The number of hydrogen-bond donors (Lipinski definition) is 1. The van der Waals surface area contributed by atoms with E-state index in [4.69, 9.17) is 4.74 Å². The minimum Gasteiger partial charge on any atom is -0.368 e. The van der Waals surface area contributed by atoms with Gasteiger partial charge in [-0.2, -0.15) is 0 Å². The molecule has 0 aliphatic carbocycles. The van der Waals surface area contributed by atoms with Gasteiger partial charge in [0.25, 0.3) is 0 Å². The largest absolute Gasteiger partial charge is 0.368 e. The number of ether oxygens (including phenoxy) is 1. The molecule has 0 bridgehead atoms. The van der Waals surface area contributed by atoms with Crippen molar-refractivity contribution >= 4 is 5.91 Å². The molecule has 110 valence electrons. The minimum atomic E-state index is -0.280. The summed E-state index contributed by atoms with van der Waals surface area (Å²) in [6.45, 7) is 2.67. The lowest BCUT2D eigenvalue weighted by atomic mass is 10.1. The van der Waals surface area contributed by atoms with Gasteiger partial charge in [-0.25, -0.2) is 4.98 Å². The summed E-state index contributed by atoms with van der Waals surface area (Å²) in [4.78, 5) is 16.1. The summed E-state index contributed by atoms with van der Waals surface area (Å²) in [6, 6.07) is 8.06. The minimum absolute atomic E-state index is 0.0151. The van der Waals surface area contributed by atoms with Crippen molar-refractivity contribution in [3.8, 4) is 5.69 Å². The van der Waals surface area contributed by atoms with E-state index in [2.05, 4.69) is 10.3 Å². The fourth-order valence-electron chi connectivity index (χ4n) is 2.52. The van der Waals surface area contributed by atoms with E-state index in [1.165, 1.54) is 0 Å². The molecule has 1 aliphatic rings. The van der Waals surface area contributed by atoms with Crippen LogP contribution >= 0.6 is 0 Å². The third-order valence-corrected chi connectivity index (χ3v) is 3.78. The highest BCUT2D eigenvalue weighted by molar-refractivity contribution is 5.81. The van der Waals surface area contributed by atoms with Gasteiger partial charge in [0.2, 0.25) is 5.91 Å². The van der Waals surface area contributed by atoms with Crippen LogP contribution in [0.15, 0.2) is 43.0 Å². The molecule has 2 aromatic rings. The first-order valence-corrected chi connectivity index (χ1v) is 7.24. The van der Waals surface area contributed by atoms with E-state index >= 15 is 0 Å². The lowest BCUT2D eigenvalue weighted by Gasteiger charge is -2.17. The van der Waals surface area contributed by atoms with Crippen molar-refractivity contribution in [1.29, 1.82) is 0 Å². The molecule has 21 heavy (non-hydrogen) atoms. The molecule has 1 fully saturated rings. The van der Waals surface area contributed by atoms with E-state index in [1.807, 2.05) is 42.0 Å². The molecule has 3 rings (SSSR count). The fraction of sp³-hybridized carbons (Fsp3) is 0.375. The fourth-order valence-corrected chi connectivity index (χ4v) is 2.52. The van der Waals surface area contributed by atoms with Gasteiger partial charge in [-0.3, -0.25) is 4.79 Å². The van der Waals surface area contributed by atoms with Crippen LogP contribution < -0.4 is 5.32 Å². The first-order chi connectivity index (χ1) is 10.2. The second-order valence-corrected chi connectivity index (χ2v) is 5.29. The van der Waals surface area contributed by atoms with Gasteiger partial charge in [0.15, 0.2) is 0 Å². The van der Waals surface area contributed by atoms with E-state index in [1.54, 1.807) is 12.5 Å². The van der Waals surface area contributed by atoms with Crippen molar-refractivity contribution in [2.75, 3.05) is 6.61 Å².